The van der Waals surface area contributed by atoms with Crippen LogP contribution in [0.5, 0.6) is 0 Å². The number of thioether (sulfide) groups is 1. The lowest BCUT2D eigenvalue weighted by Crippen LogP contribution is -2.03. The van der Waals surface area contributed by atoms with E-state index in [2.05, 4.69) is 49.0 Å². The number of para-hydroxylation sites is 1. The lowest BCUT2D eigenvalue weighted by Gasteiger charge is -2.06. The fourth-order valence-corrected chi connectivity index (χ4v) is 5.83. The quantitative estimate of drug-likeness (QED) is 0.260. The molecule has 1 aliphatic carbocycles. The number of benzene rings is 2. The van der Waals surface area contributed by atoms with Crippen LogP contribution in [0.25, 0.3) is 22.4 Å². The van der Waals surface area contributed by atoms with Gasteiger partial charge in [0, 0.05) is 17.5 Å². The number of hydrogen-bond acceptors (Lipinski definition) is 7. The van der Waals surface area contributed by atoms with Crippen LogP contribution in [0, 0.1) is 0 Å². The summed E-state index contributed by atoms with van der Waals surface area (Å²) < 4.78 is 5.75. The average Bonchev–Trinajstić information content (AvgIpc) is 3.26. The highest BCUT2D eigenvalue weighted by molar-refractivity contribution is 7.98. The van der Waals surface area contributed by atoms with Gasteiger partial charge in [0.1, 0.15) is 12.2 Å². The zero-order chi connectivity index (χ0) is 24.9. The summed E-state index contributed by atoms with van der Waals surface area (Å²) in [7, 11) is 0. The number of rotatable bonds is 7. The number of halogens is 1. The Kier molecular flexibility index (Phi) is 5.44. The summed E-state index contributed by atoms with van der Waals surface area (Å²) in [4.78, 5) is 9.39. The fraction of sp³-hybridized carbons (Fsp3) is 0.231. The summed E-state index contributed by atoms with van der Waals surface area (Å²) in [5.74, 6) is 3.20. The molecule has 1 fully saturated rings. The van der Waals surface area contributed by atoms with E-state index in [1.807, 2.05) is 47.1 Å². The molecule has 6 aromatic rings. The first-order valence-corrected chi connectivity index (χ1v) is 13.5. The van der Waals surface area contributed by atoms with Gasteiger partial charge in [0.2, 0.25) is 0 Å². The third-order valence-electron chi connectivity index (χ3n) is 6.76. The number of fused-ring (bicyclic) bond motifs is 3. The maximum atomic E-state index is 6.06. The second-order valence-electron chi connectivity index (χ2n) is 9.04. The SMILES string of the molecule is CCn1c(SCc2nc3c4cnn(-c5ccccc5)c4ncn3n2)nnc1[C@@H]1C[C@H]1c1ccc(Cl)cc1. The predicted octanol–water partition coefficient (Wildman–Crippen LogP) is 5.29. The Labute approximate surface area is 221 Å². The standard InChI is InChI=1S/C26H22ClN9S/c1-2-34-25(20-12-19(20)16-8-10-17(27)11-9-16)31-32-26(34)37-14-22-30-24-21-13-29-36(18-6-4-3-5-7-18)23(21)28-15-35(24)33-22/h3-11,13,15,19-20H,2,12,14H2,1H3/t19-,20+/m0/s1. The van der Waals surface area contributed by atoms with Gasteiger partial charge in [0.05, 0.1) is 23.0 Å². The molecule has 11 heteroatoms. The molecule has 0 unspecified atom stereocenters. The highest BCUT2D eigenvalue weighted by atomic mass is 35.5. The Bertz CT molecular complexity index is 1720. The van der Waals surface area contributed by atoms with Crippen molar-refractivity contribution in [1.29, 1.82) is 0 Å². The monoisotopic (exact) mass is 527 g/mol. The Balaban J connectivity index is 1.11. The van der Waals surface area contributed by atoms with E-state index in [1.54, 1.807) is 28.8 Å². The van der Waals surface area contributed by atoms with Crippen LogP contribution in [-0.2, 0) is 12.3 Å². The molecule has 7 rings (SSSR count). The molecule has 1 aliphatic rings. The van der Waals surface area contributed by atoms with E-state index < -0.39 is 0 Å². The third-order valence-corrected chi connectivity index (χ3v) is 7.98. The Morgan fingerprint density at radius 2 is 1.84 bits per heavy atom. The van der Waals surface area contributed by atoms with E-state index in [0.717, 1.165) is 51.3 Å². The van der Waals surface area contributed by atoms with Gasteiger partial charge in [-0.3, -0.25) is 0 Å². The van der Waals surface area contributed by atoms with Crippen molar-refractivity contribution in [2.45, 2.75) is 42.6 Å². The summed E-state index contributed by atoms with van der Waals surface area (Å²) in [5, 5.41) is 20.8. The Hall–Kier alpha value is -3.76. The maximum absolute atomic E-state index is 6.06. The van der Waals surface area contributed by atoms with E-state index in [1.165, 1.54) is 5.56 Å². The van der Waals surface area contributed by atoms with Gasteiger partial charge in [0.15, 0.2) is 22.3 Å². The molecule has 0 N–H and O–H groups in total. The second-order valence-corrected chi connectivity index (χ2v) is 10.4. The van der Waals surface area contributed by atoms with Gasteiger partial charge >= 0.3 is 0 Å². The van der Waals surface area contributed by atoms with Gasteiger partial charge in [-0.25, -0.2) is 19.2 Å². The lowest BCUT2D eigenvalue weighted by atomic mass is 10.1. The first kappa shape index (κ1) is 22.4. The fourth-order valence-electron chi connectivity index (χ4n) is 4.85. The van der Waals surface area contributed by atoms with Gasteiger partial charge in [-0.1, -0.05) is 53.7 Å². The van der Waals surface area contributed by atoms with Crippen molar-refractivity contribution < 1.29 is 0 Å². The minimum atomic E-state index is 0.386. The zero-order valence-electron chi connectivity index (χ0n) is 19.9. The summed E-state index contributed by atoms with van der Waals surface area (Å²) in [5.41, 5.74) is 3.75. The first-order valence-electron chi connectivity index (χ1n) is 12.1. The number of hydrogen-bond donors (Lipinski definition) is 0. The van der Waals surface area contributed by atoms with E-state index in [9.17, 15) is 0 Å². The van der Waals surface area contributed by atoms with Crippen molar-refractivity contribution in [2.75, 3.05) is 0 Å². The Morgan fingerprint density at radius 1 is 1.00 bits per heavy atom. The first-order chi connectivity index (χ1) is 18.2. The molecule has 2 aromatic carbocycles. The maximum Gasteiger partial charge on any atom is 0.191 e. The normalized spacial score (nSPS) is 17.1. The second kappa shape index (κ2) is 8.97. The third kappa shape index (κ3) is 3.96. The number of nitrogens with zero attached hydrogens (tertiary/aromatic N) is 9. The zero-order valence-corrected chi connectivity index (χ0v) is 21.5. The number of aromatic nitrogens is 9. The minimum Gasteiger partial charge on any atom is -0.306 e. The molecule has 0 spiro atoms. The van der Waals surface area contributed by atoms with Gasteiger partial charge in [-0.15, -0.1) is 15.3 Å². The molecule has 0 aliphatic heterocycles. The van der Waals surface area contributed by atoms with Gasteiger partial charge < -0.3 is 4.57 Å². The van der Waals surface area contributed by atoms with Crippen LogP contribution >= 0.6 is 23.4 Å². The van der Waals surface area contributed by atoms with Crippen LogP contribution in [0.3, 0.4) is 0 Å². The van der Waals surface area contributed by atoms with E-state index >= 15 is 0 Å². The van der Waals surface area contributed by atoms with Crippen LogP contribution in [0.4, 0.5) is 0 Å². The smallest absolute Gasteiger partial charge is 0.191 e. The molecule has 4 heterocycles. The van der Waals surface area contributed by atoms with Gasteiger partial charge in [-0.05, 0) is 49.1 Å². The highest BCUT2D eigenvalue weighted by Crippen LogP contribution is 2.54. The van der Waals surface area contributed by atoms with E-state index in [0.29, 0.717) is 23.4 Å². The van der Waals surface area contributed by atoms with Crippen molar-refractivity contribution in [3.05, 3.63) is 89.4 Å². The summed E-state index contributed by atoms with van der Waals surface area (Å²) in [6, 6.07) is 18.1. The Morgan fingerprint density at radius 3 is 2.65 bits per heavy atom. The van der Waals surface area contributed by atoms with Crippen molar-refractivity contribution in [3.8, 4) is 5.69 Å². The molecule has 184 valence electrons. The molecule has 4 aromatic heterocycles. The molecule has 37 heavy (non-hydrogen) atoms. The average molecular weight is 528 g/mol. The van der Waals surface area contributed by atoms with E-state index in [4.69, 9.17) is 16.6 Å². The predicted molar refractivity (Wildman–Crippen MR) is 142 cm³/mol. The lowest BCUT2D eigenvalue weighted by molar-refractivity contribution is 0.640. The van der Waals surface area contributed by atoms with E-state index in [-0.39, 0.29) is 0 Å². The molecule has 9 nitrogen and oxygen atoms in total. The summed E-state index contributed by atoms with van der Waals surface area (Å²) >= 11 is 7.66. The van der Waals surface area contributed by atoms with Crippen molar-refractivity contribution >= 4 is 40.0 Å². The van der Waals surface area contributed by atoms with Crippen LogP contribution in [0.2, 0.25) is 5.02 Å². The van der Waals surface area contributed by atoms with Crippen LogP contribution < -0.4 is 0 Å². The molecular weight excluding hydrogens is 506 g/mol. The van der Waals surface area contributed by atoms with Crippen LogP contribution in [0.1, 0.15) is 42.4 Å². The molecule has 2 atom stereocenters. The van der Waals surface area contributed by atoms with Gasteiger partial charge in [-0.2, -0.15) is 5.10 Å². The minimum absolute atomic E-state index is 0.386. The summed E-state index contributed by atoms with van der Waals surface area (Å²) in [6.45, 7) is 2.95. The van der Waals surface area contributed by atoms with Gasteiger partial charge in [0.25, 0.3) is 0 Å². The highest BCUT2D eigenvalue weighted by Gasteiger charge is 2.43. The van der Waals surface area contributed by atoms with Crippen LogP contribution in [-0.4, -0.2) is 44.1 Å². The van der Waals surface area contributed by atoms with Crippen LogP contribution in [0.15, 0.2) is 72.3 Å². The molecule has 0 saturated heterocycles. The molecule has 0 bridgehead atoms. The topological polar surface area (TPSA) is 91.6 Å². The van der Waals surface area contributed by atoms with Crippen molar-refractivity contribution in [1.82, 2.24) is 44.1 Å². The van der Waals surface area contributed by atoms with Crippen molar-refractivity contribution in [3.63, 3.8) is 0 Å². The molecular formula is C26H22ClN9S. The largest absolute Gasteiger partial charge is 0.306 e. The molecule has 1 saturated carbocycles. The molecule has 0 amide bonds. The summed E-state index contributed by atoms with van der Waals surface area (Å²) in [6.07, 6.45) is 4.57. The molecule has 0 radical (unpaired) electrons. The van der Waals surface area contributed by atoms with Crippen molar-refractivity contribution in [2.24, 2.45) is 0 Å².